The molecule has 0 unspecified atom stereocenters. The molecule has 11 nitrogen and oxygen atoms in total. The molecule has 1 atom stereocenters. The molecular weight excluding hydrogens is 712 g/mol. The molecule has 5 aliphatic heterocycles. The molecule has 6 fully saturated rings. The summed E-state index contributed by atoms with van der Waals surface area (Å²) in [5, 5.41) is 3.19. The fraction of sp³-hybridized carbons (Fsp3) is 0.535. The number of halogens is 1. The first-order chi connectivity index (χ1) is 26.6. The first-order valence-corrected chi connectivity index (χ1v) is 20.8. The Balaban J connectivity index is 0.708. The Labute approximate surface area is 329 Å². The molecule has 6 aliphatic rings. The molecule has 2 aromatic carbocycles. The highest BCUT2D eigenvalue weighted by Gasteiger charge is 2.49. The number of nitrogens with zero attached hydrogens (tertiary/aromatic N) is 7. The zero-order valence-electron chi connectivity index (χ0n) is 32.0. The molecule has 0 radical (unpaired) electrons. The van der Waals surface area contributed by atoms with Gasteiger partial charge >= 0.3 is 6.03 Å². The van der Waals surface area contributed by atoms with Crippen LogP contribution in [0.2, 0.25) is 5.02 Å². The van der Waals surface area contributed by atoms with Crippen LogP contribution in [0, 0.1) is 10.8 Å². The van der Waals surface area contributed by atoms with Crippen molar-refractivity contribution in [2.24, 2.45) is 10.8 Å². The predicted octanol–water partition coefficient (Wildman–Crippen LogP) is 6.27. The van der Waals surface area contributed by atoms with Crippen LogP contribution in [0.25, 0.3) is 0 Å². The summed E-state index contributed by atoms with van der Waals surface area (Å²) in [5.41, 5.74) is 4.60. The average Bonchev–Trinajstić information content (AvgIpc) is 3.52. The SMILES string of the molecule is C[C@H]1CC2(CCN(c3ccc(C(=O)N4CCC5(CC4)CC(N4CCN(c6ccc(N7CCC(=O)NC7=O)cc6)CC4)C5)cn3)CC2)CN1c1cccc(Cl)c1. The van der Waals surface area contributed by atoms with Gasteiger partial charge in [-0.2, -0.15) is 0 Å². The van der Waals surface area contributed by atoms with Crippen molar-refractivity contribution < 1.29 is 14.4 Å². The summed E-state index contributed by atoms with van der Waals surface area (Å²) in [4.78, 5) is 55.8. The first-order valence-electron chi connectivity index (χ1n) is 20.4. The fourth-order valence-corrected chi connectivity index (χ4v) is 10.7. The highest BCUT2D eigenvalue weighted by atomic mass is 35.5. The van der Waals surface area contributed by atoms with Gasteiger partial charge in [0.2, 0.25) is 5.91 Å². The molecular formula is C43H53ClN8O3. The van der Waals surface area contributed by atoms with E-state index in [1.165, 1.54) is 30.6 Å². The van der Waals surface area contributed by atoms with E-state index in [0.717, 1.165) is 101 Å². The summed E-state index contributed by atoms with van der Waals surface area (Å²) in [5.74, 6) is 0.873. The number of pyridine rings is 1. The molecule has 55 heavy (non-hydrogen) atoms. The highest BCUT2D eigenvalue weighted by Crippen LogP contribution is 2.51. The Morgan fingerprint density at radius 3 is 2.15 bits per heavy atom. The predicted molar refractivity (Wildman–Crippen MR) is 217 cm³/mol. The topological polar surface area (TPSA) is 95.6 Å². The molecule has 5 saturated heterocycles. The van der Waals surface area contributed by atoms with Crippen molar-refractivity contribution in [3.63, 3.8) is 0 Å². The molecule has 1 aromatic heterocycles. The Bertz CT molecular complexity index is 1890. The van der Waals surface area contributed by atoms with Crippen molar-refractivity contribution in [1.82, 2.24) is 20.1 Å². The van der Waals surface area contributed by atoms with Gasteiger partial charge in [0, 0.05) is 112 Å². The molecule has 1 N–H and O–H groups in total. The van der Waals surface area contributed by atoms with Crippen LogP contribution in [0.15, 0.2) is 66.9 Å². The number of hydrogen-bond donors (Lipinski definition) is 1. The number of piperazine rings is 1. The third-order valence-electron chi connectivity index (χ3n) is 13.9. The lowest BCUT2D eigenvalue weighted by atomic mass is 9.60. The van der Waals surface area contributed by atoms with Crippen LogP contribution < -0.4 is 24.9 Å². The standard InChI is InChI=1S/C43H53ClN8O3/c1-31-26-43(30-52(31)36-4-2-3-33(44)25-36)14-17-49(18-15-43)38-10-5-32(29-45-38)40(54)50-19-12-42(13-20-50)27-37(28-42)48-23-21-47(22-24-48)34-6-8-35(9-7-34)51-16-11-39(53)46-41(51)55/h2-10,25,29,31,37H,11-24,26-28,30H2,1H3,(H,46,53,55)/t31-/m0/s1. The van der Waals surface area contributed by atoms with Crippen molar-refractivity contribution in [2.75, 3.05) is 85.0 Å². The lowest BCUT2D eigenvalue weighted by Crippen LogP contribution is -2.59. The molecule has 4 amide bonds. The maximum Gasteiger partial charge on any atom is 0.328 e. The van der Waals surface area contributed by atoms with E-state index in [9.17, 15) is 14.4 Å². The van der Waals surface area contributed by atoms with Gasteiger partial charge in [-0.15, -0.1) is 0 Å². The summed E-state index contributed by atoms with van der Waals surface area (Å²) in [6.45, 7) is 11.5. The first kappa shape index (κ1) is 36.3. The minimum absolute atomic E-state index is 0.113. The molecule has 1 saturated carbocycles. The third-order valence-corrected chi connectivity index (χ3v) is 14.1. The van der Waals surface area contributed by atoms with E-state index >= 15 is 0 Å². The second-order valence-electron chi connectivity index (χ2n) is 17.2. The number of anilines is 4. The van der Waals surface area contributed by atoms with Crippen LogP contribution in [-0.2, 0) is 4.79 Å². The molecule has 2 spiro atoms. The molecule has 9 rings (SSSR count). The van der Waals surface area contributed by atoms with Crippen molar-refractivity contribution in [2.45, 2.75) is 70.4 Å². The summed E-state index contributed by atoms with van der Waals surface area (Å²) in [7, 11) is 0. The lowest BCUT2D eigenvalue weighted by Gasteiger charge is -2.56. The Kier molecular flexibility index (Phi) is 9.65. The summed E-state index contributed by atoms with van der Waals surface area (Å²) in [6, 6.07) is 21.2. The van der Waals surface area contributed by atoms with E-state index in [-0.39, 0.29) is 17.8 Å². The zero-order chi connectivity index (χ0) is 37.7. The number of carbonyl (C=O) groups excluding carboxylic acids is 3. The number of aromatic nitrogens is 1. The van der Waals surface area contributed by atoms with Crippen molar-refractivity contribution in [3.05, 3.63) is 77.4 Å². The second-order valence-corrected chi connectivity index (χ2v) is 17.6. The normalized spacial score (nSPS) is 24.4. The Morgan fingerprint density at radius 2 is 1.47 bits per heavy atom. The van der Waals surface area contributed by atoms with E-state index in [0.29, 0.717) is 41.4 Å². The molecule has 1 aliphatic carbocycles. The number of likely N-dealkylation sites (tertiary alicyclic amines) is 1. The number of carbonyl (C=O) groups is 3. The van der Waals surface area contributed by atoms with Gasteiger partial charge in [-0.05, 0) is 117 Å². The Morgan fingerprint density at radius 1 is 0.764 bits per heavy atom. The van der Waals surface area contributed by atoms with Gasteiger partial charge in [0.15, 0.2) is 0 Å². The van der Waals surface area contributed by atoms with Crippen LogP contribution >= 0.6 is 11.6 Å². The van der Waals surface area contributed by atoms with Crippen LogP contribution in [0.1, 0.15) is 68.6 Å². The van der Waals surface area contributed by atoms with E-state index in [1.807, 2.05) is 35.2 Å². The van der Waals surface area contributed by atoms with Crippen molar-refractivity contribution >= 4 is 52.3 Å². The van der Waals surface area contributed by atoms with E-state index < -0.39 is 0 Å². The number of nitrogens with one attached hydrogen (secondary N) is 1. The van der Waals surface area contributed by atoms with Gasteiger partial charge in [-0.25, -0.2) is 9.78 Å². The van der Waals surface area contributed by atoms with Crippen LogP contribution in [0.5, 0.6) is 0 Å². The monoisotopic (exact) mass is 764 g/mol. The number of hydrogen-bond acceptors (Lipinski definition) is 8. The number of imide groups is 1. The van der Waals surface area contributed by atoms with Crippen LogP contribution in [-0.4, -0.2) is 110 Å². The maximum atomic E-state index is 13.6. The van der Waals surface area contributed by atoms with Gasteiger partial charge in [-0.1, -0.05) is 17.7 Å². The second kappa shape index (κ2) is 14.6. The smallest absolute Gasteiger partial charge is 0.328 e. The summed E-state index contributed by atoms with van der Waals surface area (Å²) in [6.07, 6.45) is 10.2. The van der Waals surface area contributed by atoms with Gasteiger partial charge < -0.3 is 19.6 Å². The van der Waals surface area contributed by atoms with E-state index in [4.69, 9.17) is 16.6 Å². The largest absolute Gasteiger partial charge is 0.369 e. The molecule has 290 valence electrons. The summed E-state index contributed by atoms with van der Waals surface area (Å²) < 4.78 is 0. The van der Waals surface area contributed by atoms with Gasteiger partial charge in [-0.3, -0.25) is 24.7 Å². The Hall–Kier alpha value is -4.35. The van der Waals surface area contributed by atoms with Gasteiger partial charge in [0.25, 0.3) is 5.91 Å². The third kappa shape index (κ3) is 7.26. The quantitative estimate of drug-likeness (QED) is 0.314. The fourth-order valence-electron chi connectivity index (χ4n) is 10.6. The maximum absolute atomic E-state index is 13.6. The number of amides is 4. The van der Waals surface area contributed by atoms with Crippen LogP contribution in [0.4, 0.5) is 27.7 Å². The minimum atomic E-state index is -0.348. The molecule has 6 heterocycles. The minimum Gasteiger partial charge on any atom is -0.369 e. The number of urea groups is 1. The molecule has 0 bridgehead atoms. The van der Waals surface area contributed by atoms with Gasteiger partial charge in [0.05, 0.1) is 5.56 Å². The summed E-state index contributed by atoms with van der Waals surface area (Å²) >= 11 is 6.32. The van der Waals surface area contributed by atoms with Crippen molar-refractivity contribution in [1.29, 1.82) is 0 Å². The number of piperidine rings is 2. The zero-order valence-corrected chi connectivity index (χ0v) is 32.7. The molecule has 3 aromatic rings. The van der Waals surface area contributed by atoms with Crippen molar-refractivity contribution in [3.8, 4) is 0 Å². The van der Waals surface area contributed by atoms with E-state index in [2.05, 4.69) is 62.2 Å². The molecule has 12 heteroatoms. The highest BCUT2D eigenvalue weighted by molar-refractivity contribution is 6.30. The van der Waals surface area contributed by atoms with Gasteiger partial charge in [0.1, 0.15) is 5.82 Å². The number of rotatable bonds is 6. The van der Waals surface area contributed by atoms with E-state index in [1.54, 1.807) is 11.1 Å². The number of benzene rings is 2. The average molecular weight is 765 g/mol. The van der Waals surface area contributed by atoms with Crippen LogP contribution in [0.3, 0.4) is 0 Å². The lowest BCUT2D eigenvalue weighted by molar-refractivity contribution is -0.120.